The first kappa shape index (κ1) is 22.9. The number of carbonyl (C=O) groups is 1. The van der Waals surface area contributed by atoms with Crippen LogP contribution >= 0.6 is 0 Å². The topological polar surface area (TPSA) is 146 Å². The highest BCUT2D eigenvalue weighted by molar-refractivity contribution is 7.92. The Bertz CT molecular complexity index is 1540. The first-order valence-corrected chi connectivity index (χ1v) is 11.6. The average molecular weight is 481 g/mol. The average Bonchev–Trinajstić information content (AvgIpc) is 3.09. The molecular formula is C22H19N5O6S. The molecule has 0 spiro atoms. The summed E-state index contributed by atoms with van der Waals surface area (Å²) in [4.78, 5) is 32.1. The number of carbonyl (C=O) groups excluding carboxylic acids is 1. The number of hydrogen-bond acceptors (Lipinski definition) is 8. The Hall–Kier alpha value is -4.32. The number of fused-ring (bicyclic) bond motifs is 2. The van der Waals surface area contributed by atoms with Gasteiger partial charge in [0.05, 0.1) is 27.5 Å². The lowest BCUT2D eigenvalue weighted by Gasteiger charge is -2.13. The van der Waals surface area contributed by atoms with Gasteiger partial charge in [0.25, 0.3) is 15.7 Å². The summed E-state index contributed by atoms with van der Waals surface area (Å²) in [7, 11) is -4.25. The van der Waals surface area contributed by atoms with E-state index in [-0.39, 0.29) is 46.3 Å². The fraction of sp³-hybridized carbons (Fsp3) is 0.136. The van der Waals surface area contributed by atoms with Crippen molar-refractivity contribution in [3.05, 3.63) is 76.9 Å². The van der Waals surface area contributed by atoms with Crippen LogP contribution in [0, 0.1) is 10.1 Å². The van der Waals surface area contributed by atoms with E-state index in [0.29, 0.717) is 11.0 Å². The molecule has 0 amide bonds. The highest BCUT2D eigenvalue weighted by atomic mass is 32.2. The van der Waals surface area contributed by atoms with Gasteiger partial charge >= 0.3 is 5.97 Å². The summed E-state index contributed by atoms with van der Waals surface area (Å²) in [6.07, 6.45) is 1.52. The van der Waals surface area contributed by atoms with Gasteiger partial charge in [-0.05, 0) is 31.2 Å². The van der Waals surface area contributed by atoms with Gasteiger partial charge in [-0.15, -0.1) is 6.58 Å². The monoisotopic (exact) mass is 481 g/mol. The molecule has 2 heterocycles. The van der Waals surface area contributed by atoms with E-state index in [9.17, 15) is 23.3 Å². The lowest BCUT2D eigenvalue weighted by atomic mass is 10.2. The fourth-order valence-corrected chi connectivity index (χ4v) is 4.52. The van der Waals surface area contributed by atoms with Crippen LogP contribution in [0.5, 0.6) is 0 Å². The van der Waals surface area contributed by atoms with Gasteiger partial charge in [-0.25, -0.2) is 23.2 Å². The molecule has 0 fully saturated rings. The van der Waals surface area contributed by atoms with Crippen molar-refractivity contribution in [3.63, 3.8) is 0 Å². The Morgan fingerprint density at radius 3 is 2.41 bits per heavy atom. The number of sulfonamides is 1. The summed E-state index contributed by atoms with van der Waals surface area (Å²) in [5.74, 6) is -0.872. The molecule has 0 saturated heterocycles. The second kappa shape index (κ2) is 8.90. The number of nitro groups is 1. The van der Waals surface area contributed by atoms with Crippen LogP contribution in [0.1, 0.15) is 17.3 Å². The maximum absolute atomic E-state index is 13.2. The maximum Gasteiger partial charge on any atom is 0.344 e. The van der Waals surface area contributed by atoms with Gasteiger partial charge < -0.3 is 9.30 Å². The maximum atomic E-state index is 13.2. The Balaban J connectivity index is 1.95. The molecule has 11 nitrogen and oxygen atoms in total. The van der Waals surface area contributed by atoms with Crippen molar-refractivity contribution < 1.29 is 22.9 Å². The van der Waals surface area contributed by atoms with Crippen LogP contribution in [-0.2, 0) is 21.3 Å². The van der Waals surface area contributed by atoms with Gasteiger partial charge in [0, 0.05) is 18.7 Å². The molecule has 4 aromatic rings. The fourth-order valence-electron chi connectivity index (χ4n) is 3.44. The number of allylic oxidation sites excluding steroid dienone is 1. The van der Waals surface area contributed by atoms with E-state index < -0.39 is 20.9 Å². The number of esters is 1. The van der Waals surface area contributed by atoms with Gasteiger partial charge in [-0.2, -0.15) is 0 Å². The molecule has 0 aliphatic rings. The molecule has 0 atom stereocenters. The van der Waals surface area contributed by atoms with Gasteiger partial charge in [0.15, 0.2) is 5.65 Å². The molecule has 12 heteroatoms. The summed E-state index contributed by atoms with van der Waals surface area (Å²) >= 11 is 0. The van der Waals surface area contributed by atoms with Crippen LogP contribution in [0.25, 0.3) is 22.2 Å². The van der Waals surface area contributed by atoms with Crippen molar-refractivity contribution in [2.45, 2.75) is 18.4 Å². The van der Waals surface area contributed by atoms with E-state index in [2.05, 4.69) is 21.3 Å². The van der Waals surface area contributed by atoms with Crippen molar-refractivity contribution in [2.75, 3.05) is 11.3 Å². The van der Waals surface area contributed by atoms with Crippen LogP contribution in [0.3, 0.4) is 0 Å². The van der Waals surface area contributed by atoms with Crippen LogP contribution in [0.2, 0.25) is 0 Å². The number of aromatic nitrogens is 3. The minimum Gasteiger partial charge on any atom is -0.462 e. The molecule has 0 bridgehead atoms. The number of nitrogens with zero attached hydrogens (tertiary/aromatic N) is 4. The van der Waals surface area contributed by atoms with E-state index in [1.54, 1.807) is 31.2 Å². The smallest absolute Gasteiger partial charge is 0.344 e. The molecule has 0 radical (unpaired) electrons. The van der Waals surface area contributed by atoms with Crippen LogP contribution in [0.4, 0.5) is 11.5 Å². The first-order valence-electron chi connectivity index (χ1n) is 10.1. The van der Waals surface area contributed by atoms with E-state index in [0.717, 1.165) is 24.3 Å². The van der Waals surface area contributed by atoms with E-state index >= 15 is 0 Å². The highest BCUT2D eigenvalue weighted by Gasteiger charge is 2.29. The van der Waals surface area contributed by atoms with Crippen LogP contribution in [-0.4, -0.2) is 40.5 Å². The lowest BCUT2D eigenvalue weighted by molar-refractivity contribution is -0.384. The van der Waals surface area contributed by atoms with Crippen molar-refractivity contribution in [1.82, 2.24) is 14.5 Å². The Labute approximate surface area is 193 Å². The quantitative estimate of drug-likeness (QED) is 0.174. The molecule has 2 aromatic carbocycles. The van der Waals surface area contributed by atoms with E-state index in [4.69, 9.17) is 4.74 Å². The minimum absolute atomic E-state index is 0.0581. The van der Waals surface area contributed by atoms with Crippen LogP contribution in [0.15, 0.2) is 66.1 Å². The number of benzene rings is 2. The Kier molecular flexibility index (Phi) is 5.99. The van der Waals surface area contributed by atoms with Crippen molar-refractivity contribution in [3.8, 4) is 0 Å². The predicted octanol–water partition coefficient (Wildman–Crippen LogP) is 3.66. The zero-order valence-corrected chi connectivity index (χ0v) is 18.8. The van der Waals surface area contributed by atoms with Gasteiger partial charge in [0.1, 0.15) is 16.9 Å². The van der Waals surface area contributed by atoms with Crippen molar-refractivity contribution >= 4 is 49.7 Å². The molecule has 2 aromatic heterocycles. The number of para-hydroxylation sites is 2. The van der Waals surface area contributed by atoms with Crippen molar-refractivity contribution in [2.24, 2.45) is 0 Å². The number of nitrogens with one attached hydrogen (secondary N) is 1. The molecule has 0 saturated carbocycles. The van der Waals surface area contributed by atoms with Crippen molar-refractivity contribution in [1.29, 1.82) is 0 Å². The lowest BCUT2D eigenvalue weighted by Crippen LogP contribution is -2.18. The summed E-state index contributed by atoms with van der Waals surface area (Å²) in [5.41, 5.74) is 1.15. The first-order chi connectivity index (χ1) is 16.3. The standard InChI is InChI=1S/C22H19N5O6S/c1-3-13-26-20(25-34(31,32)15-11-9-14(10-12-15)27(29)30)18(22(28)33-4-2)19-21(26)24-17-8-6-5-7-16(17)23-19/h3,5-12,25H,1,4,13H2,2H3. The van der Waals surface area contributed by atoms with Gasteiger partial charge in [0.2, 0.25) is 0 Å². The second-order valence-electron chi connectivity index (χ2n) is 7.08. The summed E-state index contributed by atoms with van der Waals surface area (Å²) in [5, 5.41) is 10.9. The number of ether oxygens (including phenoxy) is 1. The third kappa shape index (κ3) is 4.06. The third-order valence-electron chi connectivity index (χ3n) is 4.93. The summed E-state index contributed by atoms with van der Waals surface area (Å²) < 4.78 is 35.4. The third-order valence-corrected chi connectivity index (χ3v) is 6.29. The minimum atomic E-state index is -4.25. The largest absolute Gasteiger partial charge is 0.462 e. The SMILES string of the molecule is C=CCn1c(NS(=O)(=O)c2ccc([N+](=O)[O-])cc2)c(C(=O)OCC)c2nc3ccccc3nc21. The number of nitro benzene ring substituents is 1. The number of rotatable bonds is 8. The molecule has 0 aliphatic carbocycles. The van der Waals surface area contributed by atoms with E-state index in [1.165, 1.54) is 10.6 Å². The molecule has 34 heavy (non-hydrogen) atoms. The molecule has 174 valence electrons. The molecule has 0 unspecified atom stereocenters. The Morgan fingerprint density at radius 1 is 1.18 bits per heavy atom. The number of non-ortho nitro benzene ring substituents is 1. The second-order valence-corrected chi connectivity index (χ2v) is 8.77. The van der Waals surface area contributed by atoms with Gasteiger partial charge in [-0.1, -0.05) is 18.2 Å². The molecular weight excluding hydrogens is 462 g/mol. The predicted molar refractivity (Wildman–Crippen MR) is 125 cm³/mol. The normalized spacial score (nSPS) is 11.4. The Morgan fingerprint density at radius 2 is 1.82 bits per heavy atom. The summed E-state index contributed by atoms with van der Waals surface area (Å²) in [6.45, 7) is 5.51. The number of anilines is 1. The summed E-state index contributed by atoms with van der Waals surface area (Å²) in [6, 6.07) is 11.4. The van der Waals surface area contributed by atoms with Crippen LogP contribution < -0.4 is 4.72 Å². The zero-order chi connectivity index (χ0) is 24.5. The zero-order valence-electron chi connectivity index (χ0n) is 18.0. The molecule has 0 aliphatic heterocycles. The highest BCUT2D eigenvalue weighted by Crippen LogP contribution is 2.32. The molecule has 1 N–H and O–H groups in total. The van der Waals surface area contributed by atoms with E-state index in [1.807, 2.05) is 0 Å². The molecule has 4 rings (SSSR count). The number of hydrogen-bond donors (Lipinski definition) is 1. The van der Waals surface area contributed by atoms with Gasteiger partial charge in [-0.3, -0.25) is 14.8 Å².